The Morgan fingerprint density at radius 3 is 2.41 bits per heavy atom. The third-order valence-electron chi connectivity index (χ3n) is 3.58. The van der Waals surface area contributed by atoms with Crippen molar-refractivity contribution in [3.63, 3.8) is 0 Å². The highest BCUT2D eigenvalue weighted by atomic mass is 32.2. The molecule has 0 aromatic heterocycles. The maximum absolute atomic E-state index is 11.5. The van der Waals surface area contributed by atoms with Gasteiger partial charge in [0.1, 0.15) is 0 Å². The van der Waals surface area contributed by atoms with Gasteiger partial charge in [0.05, 0.1) is 5.75 Å². The number of nitrogens with one attached hydrogen (secondary N) is 1. The molecule has 0 amide bonds. The number of sulfone groups is 1. The average molecular weight is 262 g/mol. The Morgan fingerprint density at radius 2 is 1.88 bits per heavy atom. The summed E-state index contributed by atoms with van der Waals surface area (Å²) in [6.07, 6.45) is 2.44. The van der Waals surface area contributed by atoms with Gasteiger partial charge >= 0.3 is 0 Å². The SMILES string of the molecule is CCN(CCS(=O)(=O)CC)CC1CCNCC1. The van der Waals surface area contributed by atoms with Gasteiger partial charge in [-0.15, -0.1) is 0 Å². The molecule has 0 atom stereocenters. The van der Waals surface area contributed by atoms with Crippen LogP contribution in [0.5, 0.6) is 0 Å². The fourth-order valence-corrected chi connectivity index (χ4v) is 3.05. The van der Waals surface area contributed by atoms with Crippen LogP contribution in [0.3, 0.4) is 0 Å². The van der Waals surface area contributed by atoms with Crippen LogP contribution in [0, 0.1) is 5.92 Å². The molecule has 0 aromatic rings. The van der Waals surface area contributed by atoms with Crippen molar-refractivity contribution in [3.8, 4) is 0 Å². The van der Waals surface area contributed by atoms with Gasteiger partial charge in [0.15, 0.2) is 9.84 Å². The lowest BCUT2D eigenvalue weighted by atomic mass is 9.97. The van der Waals surface area contributed by atoms with Crippen molar-refractivity contribution in [2.45, 2.75) is 26.7 Å². The van der Waals surface area contributed by atoms with Crippen molar-refractivity contribution in [2.24, 2.45) is 5.92 Å². The molecule has 1 saturated heterocycles. The van der Waals surface area contributed by atoms with E-state index < -0.39 is 9.84 Å². The van der Waals surface area contributed by atoms with Gasteiger partial charge in [0.2, 0.25) is 0 Å². The lowest BCUT2D eigenvalue weighted by Crippen LogP contribution is -2.38. The molecule has 0 bridgehead atoms. The second-order valence-electron chi connectivity index (χ2n) is 4.82. The van der Waals surface area contributed by atoms with E-state index in [0.29, 0.717) is 12.3 Å². The smallest absolute Gasteiger partial charge is 0.151 e. The van der Waals surface area contributed by atoms with Gasteiger partial charge in [-0.1, -0.05) is 13.8 Å². The maximum atomic E-state index is 11.5. The van der Waals surface area contributed by atoms with E-state index in [1.54, 1.807) is 6.92 Å². The van der Waals surface area contributed by atoms with Gasteiger partial charge in [-0.05, 0) is 38.4 Å². The quantitative estimate of drug-likeness (QED) is 0.735. The number of rotatable bonds is 7. The van der Waals surface area contributed by atoms with Crippen molar-refractivity contribution < 1.29 is 8.42 Å². The molecule has 4 nitrogen and oxygen atoms in total. The summed E-state index contributed by atoms with van der Waals surface area (Å²) in [5.41, 5.74) is 0. The Balaban J connectivity index is 2.32. The van der Waals surface area contributed by atoms with E-state index in [-0.39, 0.29) is 5.75 Å². The van der Waals surface area contributed by atoms with Gasteiger partial charge in [0, 0.05) is 18.8 Å². The minimum atomic E-state index is -2.82. The zero-order valence-corrected chi connectivity index (χ0v) is 11.9. The van der Waals surface area contributed by atoms with Gasteiger partial charge in [-0.3, -0.25) is 0 Å². The highest BCUT2D eigenvalue weighted by Gasteiger charge is 2.17. The van der Waals surface area contributed by atoms with Crippen molar-refractivity contribution in [3.05, 3.63) is 0 Å². The molecule has 17 heavy (non-hydrogen) atoms. The molecule has 1 aliphatic rings. The predicted molar refractivity (Wildman–Crippen MR) is 72.0 cm³/mol. The molecule has 102 valence electrons. The van der Waals surface area contributed by atoms with Gasteiger partial charge in [-0.25, -0.2) is 8.42 Å². The standard InChI is InChI=1S/C12H26N2O2S/c1-3-14(9-10-17(15,16)4-2)11-12-5-7-13-8-6-12/h12-13H,3-11H2,1-2H3. The summed E-state index contributed by atoms with van der Waals surface area (Å²) in [4.78, 5) is 2.28. The normalized spacial score (nSPS) is 18.8. The largest absolute Gasteiger partial charge is 0.317 e. The van der Waals surface area contributed by atoms with E-state index >= 15 is 0 Å². The molecule has 0 unspecified atom stereocenters. The Morgan fingerprint density at radius 1 is 1.24 bits per heavy atom. The summed E-state index contributed by atoms with van der Waals surface area (Å²) < 4.78 is 23.0. The Hall–Kier alpha value is -0.130. The van der Waals surface area contributed by atoms with Crippen LogP contribution in [0.2, 0.25) is 0 Å². The van der Waals surface area contributed by atoms with E-state index in [1.807, 2.05) is 0 Å². The third kappa shape index (κ3) is 5.84. The van der Waals surface area contributed by atoms with Crippen LogP contribution >= 0.6 is 0 Å². The summed E-state index contributed by atoms with van der Waals surface area (Å²) in [5, 5.41) is 3.36. The number of nitrogens with zero attached hydrogens (tertiary/aromatic N) is 1. The first-order valence-corrected chi connectivity index (χ1v) is 8.53. The number of hydrogen-bond acceptors (Lipinski definition) is 4. The molecular formula is C12H26N2O2S. The first-order valence-electron chi connectivity index (χ1n) is 6.71. The van der Waals surface area contributed by atoms with Crippen LogP contribution in [0.15, 0.2) is 0 Å². The van der Waals surface area contributed by atoms with Crippen molar-refractivity contribution >= 4 is 9.84 Å². The van der Waals surface area contributed by atoms with Crippen LogP contribution in [0.25, 0.3) is 0 Å². The molecule has 0 aromatic carbocycles. The number of hydrogen-bond donors (Lipinski definition) is 1. The highest BCUT2D eigenvalue weighted by molar-refractivity contribution is 7.91. The van der Waals surface area contributed by atoms with Crippen LogP contribution in [-0.2, 0) is 9.84 Å². The van der Waals surface area contributed by atoms with E-state index in [4.69, 9.17) is 0 Å². The fourth-order valence-electron chi connectivity index (χ4n) is 2.22. The second kappa shape index (κ2) is 7.34. The summed E-state index contributed by atoms with van der Waals surface area (Å²) in [6.45, 7) is 8.74. The summed E-state index contributed by atoms with van der Waals surface area (Å²) in [7, 11) is -2.82. The number of piperidine rings is 1. The molecular weight excluding hydrogens is 236 g/mol. The molecule has 1 aliphatic heterocycles. The lowest BCUT2D eigenvalue weighted by Gasteiger charge is -2.29. The molecule has 1 fully saturated rings. The van der Waals surface area contributed by atoms with E-state index in [2.05, 4.69) is 17.1 Å². The topological polar surface area (TPSA) is 49.4 Å². The first kappa shape index (κ1) is 14.9. The maximum Gasteiger partial charge on any atom is 0.151 e. The third-order valence-corrected chi connectivity index (χ3v) is 5.26. The van der Waals surface area contributed by atoms with E-state index in [9.17, 15) is 8.42 Å². The molecule has 5 heteroatoms. The second-order valence-corrected chi connectivity index (χ2v) is 7.30. The van der Waals surface area contributed by atoms with Crippen LogP contribution < -0.4 is 5.32 Å². The van der Waals surface area contributed by atoms with E-state index in [0.717, 1.165) is 32.1 Å². The molecule has 0 saturated carbocycles. The van der Waals surface area contributed by atoms with Crippen LogP contribution in [0.4, 0.5) is 0 Å². The summed E-state index contributed by atoms with van der Waals surface area (Å²) >= 11 is 0. The van der Waals surface area contributed by atoms with Crippen LogP contribution in [-0.4, -0.2) is 57.5 Å². The van der Waals surface area contributed by atoms with Crippen molar-refractivity contribution in [1.29, 1.82) is 0 Å². The highest BCUT2D eigenvalue weighted by Crippen LogP contribution is 2.13. The molecule has 1 heterocycles. The Kier molecular flexibility index (Phi) is 6.44. The monoisotopic (exact) mass is 262 g/mol. The zero-order chi connectivity index (χ0) is 12.7. The van der Waals surface area contributed by atoms with Gasteiger partial charge in [0.25, 0.3) is 0 Å². The summed E-state index contributed by atoms with van der Waals surface area (Å²) in [6, 6.07) is 0. The Labute approximate surface area is 106 Å². The molecule has 0 spiro atoms. The van der Waals surface area contributed by atoms with Gasteiger partial charge in [-0.2, -0.15) is 0 Å². The van der Waals surface area contributed by atoms with Crippen molar-refractivity contribution in [2.75, 3.05) is 44.2 Å². The minimum Gasteiger partial charge on any atom is -0.317 e. The minimum absolute atomic E-state index is 0.262. The average Bonchev–Trinajstić information content (AvgIpc) is 2.35. The molecule has 1 N–H and O–H groups in total. The molecule has 0 radical (unpaired) electrons. The fraction of sp³-hybridized carbons (Fsp3) is 1.00. The molecule has 0 aliphatic carbocycles. The van der Waals surface area contributed by atoms with Crippen LogP contribution in [0.1, 0.15) is 26.7 Å². The summed E-state index contributed by atoms with van der Waals surface area (Å²) in [5.74, 6) is 1.31. The first-order chi connectivity index (χ1) is 8.07. The van der Waals surface area contributed by atoms with E-state index in [1.165, 1.54) is 12.8 Å². The Bertz CT molecular complexity index is 298. The van der Waals surface area contributed by atoms with Gasteiger partial charge < -0.3 is 10.2 Å². The zero-order valence-electron chi connectivity index (χ0n) is 11.1. The molecule has 1 rings (SSSR count). The van der Waals surface area contributed by atoms with Crippen molar-refractivity contribution in [1.82, 2.24) is 10.2 Å². The predicted octanol–water partition coefficient (Wildman–Crippen LogP) is 0.743. The lowest BCUT2D eigenvalue weighted by molar-refractivity contribution is 0.223.